The molecule has 1 fully saturated rings. The molecule has 0 N–H and O–H groups in total. The monoisotopic (exact) mass is 391 g/mol. The average Bonchev–Trinajstić information content (AvgIpc) is 3.07. The first-order valence-electron chi connectivity index (χ1n) is 7.54. The average molecular weight is 391 g/mol. The molecule has 1 aliphatic rings. The van der Waals surface area contributed by atoms with E-state index in [2.05, 4.69) is 10.2 Å². The van der Waals surface area contributed by atoms with Crippen molar-refractivity contribution in [3.8, 4) is 0 Å². The fourth-order valence-corrected chi connectivity index (χ4v) is 5.36. The second-order valence-corrected chi connectivity index (χ2v) is 9.15. The minimum Gasteiger partial charge on any atom is -0.309 e. The van der Waals surface area contributed by atoms with Crippen LogP contribution in [0, 0.1) is 0 Å². The summed E-state index contributed by atoms with van der Waals surface area (Å²) in [7, 11) is -1.23. The number of sulfone groups is 1. The largest absolute Gasteiger partial charge is 0.416 e. The van der Waals surface area contributed by atoms with Crippen molar-refractivity contribution < 1.29 is 21.6 Å². The Bertz CT molecular complexity index is 861. The summed E-state index contributed by atoms with van der Waals surface area (Å²) in [5.74, 6) is 1.19. The standard InChI is InChI=1S/C15H16F3N3O2S2/c1-21-13(11-6-7-25(22,23)9-11)19-20-14(21)24-8-10-2-4-12(5-3-10)15(16,17)18/h2-5,11H,6-9H2,1H3. The van der Waals surface area contributed by atoms with Crippen LogP contribution in [0.5, 0.6) is 0 Å². The number of thioether (sulfide) groups is 1. The van der Waals surface area contributed by atoms with Crippen molar-refractivity contribution in [3.63, 3.8) is 0 Å². The second-order valence-electron chi connectivity index (χ2n) is 5.98. The molecule has 10 heteroatoms. The van der Waals surface area contributed by atoms with Crippen LogP contribution in [0.2, 0.25) is 0 Å². The summed E-state index contributed by atoms with van der Waals surface area (Å²) in [6, 6.07) is 5.00. The predicted molar refractivity (Wildman–Crippen MR) is 88.0 cm³/mol. The van der Waals surface area contributed by atoms with Gasteiger partial charge in [0, 0.05) is 18.7 Å². The first-order valence-corrected chi connectivity index (χ1v) is 10.3. The maximum atomic E-state index is 12.6. The van der Waals surface area contributed by atoms with E-state index in [0.717, 1.165) is 17.7 Å². The number of rotatable bonds is 4. The summed E-state index contributed by atoms with van der Waals surface area (Å²) in [6.45, 7) is 0. The van der Waals surface area contributed by atoms with Crippen LogP contribution in [0.25, 0.3) is 0 Å². The molecule has 1 aromatic heterocycles. The van der Waals surface area contributed by atoms with Crippen LogP contribution >= 0.6 is 11.8 Å². The van der Waals surface area contributed by atoms with Gasteiger partial charge in [-0.2, -0.15) is 13.2 Å². The predicted octanol–water partition coefficient (Wildman–Crippen LogP) is 3.03. The Morgan fingerprint density at radius 1 is 1.24 bits per heavy atom. The third-order valence-electron chi connectivity index (χ3n) is 4.12. The van der Waals surface area contributed by atoms with Crippen LogP contribution in [0.15, 0.2) is 29.4 Å². The Hall–Kier alpha value is -1.55. The van der Waals surface area contributed by atoms with Gasteiger partial charge in [0.15, 0.2) is 15.0 Å². The molecule has 2 heterocycles. The zero-order valence-corrected chi connectivity index (χ0v) is 15.0. The molecule has 0 bridgehead atoms. The van der Waals surface area contributed by atoms with Crippen molar-refractivity contribution in [2.24, 2.45) is 7.05 Å². The zero-order valence-electron chi connectivity index (χ0n) is 13.3. The molecule has 3 rings (SSSR count). The second kappa shape index (κ2) is 6.64. The smallest absolute Gasteiger partial charge is 0.309 e. The first-order chi connectivity index (χ1) is 11.7. The molecule has 0 radical (unpaired) electrons. The Labute approximate surface area is 147 Å². The lowest BCUT2D eigenvalue weighted by Crippen LogP contribution is -2.09. The zero-order chi connectivity index (χ0) is 18.2. The lowest BCUT2D eigenvalue weighted by molar-refractivity contribution is -0.137. The van der Waals surface area contributed by atoms with E-state index in [0.29, 0.717) is 23.2 Å². The van der Waals surface area contributed by atoms with Gasteiger partial charge in [-0.3, -0.25) is 0 Å². The van der Waals surface area contributed by atoms with Gasteiger partial charge in [-0.1, -0.05) is 23.9 Å². The van der Waals surface area contributed by atoms with Gasteiger partial charge in [0.05, 0.1) is 17.1 Å². The maximum Gasteiger partial charge on any atom is 0.416 e. The summed E-state index contributed by atoms with van der Waals surface area (Å²) in [5.41, 5.74) is 0.0654. The van der Waals surface area contributed by atoms with Crippen molar-refractivity contribution in [1.82, 2.24) is 14.8 Å². The number of alkyl halides is 3. The number of aromatic nitrogens is 3. The fourth-order valence-electron chi connectivity index (χ4n) is 2.74. The topological polar surface area (TPSA) is 64.8 Å². The highest BCUT2D eigenvalue weighted by Crippen LogP contribution is 2.32. The van der Waals surface area contributed by atoms with Crippen LogP contribution < -0.4 is 0 Å². The Morgan fingerprint density at radius 3 is 2.48 bits per heavy atom. The van der Waals surface area contributed by atoms with Gasteiger partial charge in [-0.15, -0.1) is 10.2 Å². The molecule has 0 saturated carbocycles. The molecule has 5 nitrogen and oxygen atoms in total. The molecule has 1 aromatic carbocycles. The molecule has 136 valence electrons. The molecule has 1 unspecified atom stereocenters. The third kappa shape index (κ3) is 4.17. The molecule has 1 saturated heterocycles. The summed E-state index contributed by atoms with van der Waals surface area (Å²) in [5, 5.41) is 8.79. The van der Waals surface area contributed by atoms with Gasteiger partial charge in [0.1, 0.15) is 5.82 Å². The molecule has 0 spiro atoms. The van der Waals surface area contributed by atoms with E-state index < -0.39 is 21.6 Å². The van der Waals surface area contributed by atoms with Crippen LogP contribution in [-0.4, -0.2) is 34.7 Å². The first kappa shape index (κ1) is 18.2. The van der Waals surface area contributed by atoms with Crippen LogP contribution in [0.3, 0.4) is 0 Å². The van der Waals surface area contributed by atoms with Crippen molar-refractivity contribution in [2.75, 3.05) is 11.5 Å². The van der Waals surface area contributed by atoms with Crippen molar-refractivity contribution >= 4 is 21.6 Å². The van der Waals surface area contributed by atoms with E-state index in [1.807, 2.05) is 0 Å². The third-order valence-corrected chi connectivity index (χ3v) is 6.97. The highest BCUT2D eigenvalue weighted by Gasteiger charge is 2.32. The van der Waals surface area contributed by atoms with E-state index in [1.54, 1.807) is 11.6 Å². The van der Waals surface area contributed by atoms with Gasteiger partial charge in [-0.05, 0) is 24.1 Å². The Morgan fingerprint density at radius 2 is 1.92 bits per heavy atom. The normalized spacial score (nSPS) is 20.1. The summed E-state index contributed by atoms with van der Waals surface area (Å²) < 4.78 is 62.6. The summed E-state index contributed by atoms with van der Waals surface area (Å²) >= 11 is 1.35. The molecule has 0 aliphatic carbocycles. The molecule has 1 aliphatic heterocycles. The van der Waals surface area contributed by atoms with Crippen LogP contribution in [0.1, 0.15) is 29.3 Å². The summed E-state index contributed by atoms with van der Waals surface area (Å²) in [4.78, 5) is 0. The van der Waals surface area contributed by atoms with Crippen molar-refractivity contribution in [2.45, 2.75) is 29.4 Å². The quantitative estimate of drug-likeness (QED) is 0.750. The highest BCUT2D eigenvalue weighted by molar-refractivity contribution is 7.98. The molecule has 2 aromatic rings. The maximum absolute atomic E-state index is 12.6. The van der Waals surface area contributed by atoms with E-state index in [1.165, 1.54) is 23.9 Å². The minimum atomic E-state index is -4.34. The lowest BCUT2D eigenvalue weighted by Gasteiger charge is -2.09. The van der Waals surface area contributed by atoms with E-state index in [-0.39, 0.29) is 17.4 Å². The van der Waals surface area contributed by atoms with Gasteiger partial charge in [0.2, 0.25) is 0 Å². The molecule has 25 heavy (non-hydrogen) atoms. The van der Waals surface area contributed by atoms with Gasteiger partial charge >= 0.3 is 6.18 Å². The lowest BCUT2D eigenvalue weighted by atomic mass is 10.1. The number of hydrogen-bond donors (Lipinski definition) is 0. The van der Waals surface area contributed by atoms with E-state index in [4.69, 9.17) is 0 Å². The number of halogens is 3. The highest BCUT2D eigenvalue weighted by atomic mass is 32.2. The molecule has 1 atom stereocenters. The molecular formula is C15H16F3N3O2S2. The number of hydrogen-bond acceptors (Lipinski definition) is 5. The number of nitrogens with zero attached hydrogens (tertiary/aromatic N) is 3. The Kier molecular flexibility index (Phi) is 4.84. The van der Waals surface area contributed by atoms with Crippen LogP contribution in [-0.2, 0) is 28.8 Å². The minimum absolute atomic E-state index is 0.0859. The molecular weight excluding hydrogens is 375 g/mol. The SMILES string of the molecule is Cn1c(SCc2ccc(C(F)(F)F)cc2)nnc1C1CCS(=O)(=O)C1. The van der Waals surface area contributed by atoms with Crippen molar-refractivity contribution in [1.29, 1.82) is 0 Å². The van der Waals surface area contributed by atoms with Gasteiger partial charge in [-0.25, -0.2) is 8.42 Å². The number of benzene rings is 1. The van der Waals surface area contributed by atoms with Crippen molar-refractivity contribution in [3.05, 3.63) is 41.2 Å². The van der Waals surface area contributed by atoms with E-state index >= 15 is 0 Å². The van der Waals surface area contributed by atoms with Crippen LogP contribution in [0.4, 0.5) is 13.2 Å². The fraction of sp³-hybridized carbons (Fsp3) is 0.467. The van der Waals surface area contributed by atoms with E-state index in [9.17, 15) is 21.6 Å². The van der Waals surface area contributed by atoms with Gasteiger partial charge in [0.25, 0.3) is 0 Å². The van der Waals surface area contributed by atoms with Gasteiger partial charge < -0.3 is 4.57 Å². The molecule has 0 amide bonds. The summed E-state index contributed by atoms with van der Waals surface area (Å²) in [6.07, 6.45) is -3.80. The Balaban J connectivity index is 1.66.